The van der Waals surface area contributed by atoms with Crippen LogP contribution < -0.4 is 5.11 Å². The molecular weight excluding hydrogens is 378 g/mol. The van der Waals surface area contributed by atoms with E-state index in [9.17, 15) is 35.4 Å². The standard InChI is InChI=1S/C10H19S.C6H3N3O7/c1-2-6-10(7-3-1)11-8-4-5-9-11;10-6-4(8(13)14)1-3(7(11)12)2-5(6)9(15)16/h10H,1-9H2;1-2,10H/q+1;/p-1. The maximum absolute atomic E-state index is 11.1. The minimum absolute atomic E-state index is 0.384. The van der Waals surface area contributed by atoms with Crippen LogP contribution in [-0.2, 0) is 10.9 Å². The number of benzene rings is 1. The molecule has 1 saturated heterocycles. The van der Waals surface area contributed by atoms with Crippen molar-refractivity contribution in [2.45, 2.75) is 50.2 Å². The Labute approximate surface area is 158 Å². The Balaban J connectivity index is 0.000000206. The van der Waals surface area contributed by atoms with Gasteiger partial charge in [0.2, 0.25) is 0 Å². The van der Waals surface area contributed by atoms with Gasteiger partial charge < -0.3 is 5.11 Å². The number of nitro groups is 3. The van der Waals surface area contributed by atoms with Crippen molar-refractivity contribution >= 4 is 28.0 Å². The molecule has 0 spiro atoms. The molecule has 2 fully saturated rings. The third-order valence-electron chi connectivity index (χ3n) is 4.73. The minimum atomic E-state index is -1.46. The summed E-state index contributed by atoms with van der Waals surface area (Å²) in [6.07, 6.45) is 10.8. The van der Waals surface area contributed by atoms with E-state index in [-0.39, 0.29) is 0 Å². The molecule has 0 atom stereocenters. The summed E-state index contributed by atoms with van der Waals surface area (Å²) in [4.78, 5) is 27.5. The lowest BCUT2D eigenvalue weighted by molar-refractivity contribution is -0.420. The van der Waals surface area contributed by atoms with Crippen molar-refractivity contribution in [3.63, 3.8) is 0 Å². The first-order chi connectivity index (χ1) is 12.8. The predicted molar refractivity (Wildman–Crippen MR) is 99.1 cm³/mol. The molecule has 10 nitrogen and oxygen atoms in total. The van der Waals surface area contributed by atoms with Gasteiger partial charge in [0.1, 0.15) is 16.8 Å². The van der Waals surface area contributed by atoms with Crippen LogP contribution in [0.5, 0.6) is 5.75 Å². The normalized spacial score (nSPS) is 17.8. The third kappa shape index (κ3) is 5.52. The smallest absolute Gasteiger partial charge is 0.283 e. The number of rotatable bonds is 4. The van der Waals surface area contributed by atoms with Crippen molar-refractivity contribution in [2.24, 2.45) is 0 Å². The summed E-state index contributed by atoms with van der Waals surface area (Å²) in [6, 6.07) is 0.769. The molecule has 11 heteroatoms. The Morgan fingerprint density at radius 1 is 0.778 bits per heavy atom. The summed E-state index contributed by atoms with van der Waals surface area (Å²) in [6.45, 7) is 0. The van der Waals surface area contributed by atoms with E-state index < -0.39 is 37.6 Å². The largest absolute Gasteiger partial charge is 0.863 e. The highest BCUT2D eigenvalue weighted by molar-refractivity contribution is 7.97. The monoisotopic (exact) mass is 399 g/mol. The van der Waals surface area contributed by atoms with Crippen LogP contribution in [0.1, 0.15) is 44.9 Å². The van der Waals surface area contributed by atoms with Crippen molar-refractivity contribution in [3.8, 4) is 5.75 Å². The maximum atomic E-state index is 11.1. The van der Waals surface area contributed by atoms with Gasteiger partial charge in [-0.25, -0.2) is 0 Å². The highest BCUT2D eigenvalue weighted by Gasteiger charge is 2.34. The lowest BCUT2D eigenvalue weighted by Crippen LogP contribution is -2.25. The summed E-state index contributed by atoms with van der Waals surface area (Å²) < 4.78 is 0. The summed E-state index contributed by atoms with van der Waals surface area (Å²) in [5.74, 6) is 1.72. The molecule has 148 valence electrons. The van der Waals surface area contributed by atoms with Crippen molar-refractivity contribution in [2.75, 3.05) is 11.5 Å². The van der Waals surface area contributed by atoms with E-state index >= 15 is 0 Å². The molecule has 1 aromatic carbocycles. The zero-order chi connectivity index (χ0) is 20.0. The molecule has 0 amide bonds. The number of non-ortho nitro benzene ring substituents is 1. The molecule has 0 radical (unpaired) electrons. The van der Waals surface area contributed by atoms with Gasteiger partial charge in [-0.15, -0.1) is 0 Å². The Kier molecular flexibility index (Phi) is 7.34. The summed E-state index contributed by atoms with van der Waals surface area (Å²) in [5.41, 5.74) is -3.26. The van der Waals surface area contributed by atoms with Gasteiger partial charge in [0.05, 0.1) is 32.7 Å². The average Bonchev–Trinajstić information content (AvgIpc) is 3.17. The van der Waals surface area contributed by atoms with Crippen molar-refractivity contribution in [1.29, 1.82) is 0 Å². The Bertz CT molecular complexity index is 681. The highest BCUT2D eigenvalue weighted by atomic mass is 32.2. The van der Waals surface area contributed by atoms with Crippen LogP contribution in [0, 0.1) is 30.3 Å². The van der Waals surface area contributed by atoms with Gasteiger partial charge in [-0.1, -0.05) is 6.42 Å². The van der Waals surface area contributed by atoms with Crippen LogP contribution >= 0.6 is 0 Å². The van der Waals surface area contributed by atoms with E-state index in [1.807, 2.05) is 0 Å². The van der Waals surface area contributed by atoms with Crippen molar-refractivity contribution < 1.29 is 19.9 Å². The first kappa shape index (κ1) is 20.9. The van der Waals surface area contributed by atoms with Gasteiger partial charge >= 0.3 is 0 Å². The number of hydrogen-bond acceptors (Lipinski definition) is 7. The SMILES string of the molecule is C1CCC([S+]2CCCC2)CC1.O=[N+]([O-])c1cc([N+](=O)[O-])c([O-])c([N+](=O)[O-])c1. The second kappa shape index (κ2) is 9.49. The Hall–Kier alpha value is -2.43. The van der Waals surface area contributed by atoms with Crippen LogP contribution in [0.25, 0.3) is 0 Å². The molecular formula is C16H21N3O7S. The van der Waals surface area contributed by atoms with Gasteiger partial charge in [0, 0.05) is 0 Å². The molecule has 0 bridgehead atoms. The quantitative estimate of drug-likeness (QED) is 0.428. The first-order valence-corrected chi connectivity index (χ1v) is 10.4. The van der Waals surface area contributed by atoms with E-state index in [0.717, 1.165) is 10.9 Å². The van der Waals surface area contributed by atoms with E-state index in [1.165, 1.54) is 24.5 Å². The second-order valence-electron chi connectivity index (χ2n) is 6.50. The molecule has 1 aliphatic heterocycles. The summed E-state index contributed by atoms with van der Waals surface area (Å²) >= 11 is 0. The second-order valence-corrected chi connectivity index (χ2v) is 9.06. The number of nitrogens with zero attached hydrogens (tertiary/aromatic N) is 3. The van der Waals surface area contributed by atoms with Crippen LogP contribution in [0.3, 0.4) is 0 Å². The van der Waals surface area contributed by atoms with E-state index in [2.05, 4.69) is 0 Å². The van der Waals surface area contributed by atoms with Gasteiger partial charge in [0.15, 0.2) is 0 Å². The number of hydrogen-bond donors (Lipinski definition) is 0. The first-order valence-electron chi connectivity index (χ1n) is 8.75. The van der Waals surface area contributed by atoms with E-state index in [0.29, 0.717) is 12.1 Å². The topological polar surface area (TPSA) is 152 Å². The molecule has 1 aliphatic carbocycles. The Morgan fingerprint density at radius 2 is 1.26 bits per heavy atom. The lowest BCUT2D eigenvalue weighted by atomic mass is 10.0. The zero-order valence-electron chi connectivity index (χ0n) is 14.7. The average molecular weight is 399 g/mol. The van der Waals surface area contributed by atoms with E-state index in [1.54, 1.807) is 37.2 Å². The minimum Gasteiger partial charge on any atom is -0.863 e. The fourth-order valence-corrected chi connectivity index (χ4v) is 6.39. The fourth-order valence-electron chi connectivity index (χ4n) is 3.37. The molecule has 3 rings (SSSR count). The molecule has 27 heavy (non-hydrogen) atoms. The van der Waals surface area contributed by atoms with E-state index in [4.69, 9.17) is 0 Å². The maximum Gasteiger partial charge on any atom is 0.283 e. The molecule has 2 aliphatic rings. The Morgan fingerprint density at radius 3 is 1.67 bits per heavy atom. The van der Waals surface area contributed by atoms with Gasteiger partial charge in [0.25, 0.3) is 17.1 Å². The molecule has 0 N–H and O–H groups in total. The van der Waals surface area contributed by atoms with Crippen LogP contribution in [0.4, 0.5) is 17.1 Å². The molecule has 1 saturated carbocycles. The molecule has 0 unspecified atom stereocenters. The predicted octanol–water partition coefficient (Wildman–Crippen LogP) is 3.22. The number of nitro benzene ring substituents is 3. The highest BCUT2D eigenvalue weighted by Crippen LogP contribution is 2.36. The molecule has 0 aromatic heterocycles. The third-order valence-corrected chi connectivity index (χ3v) is 7.77. The molecule has 1 aromatic rings. The van der Waals surface area contributed by atoms with Gasteiger partial charge in [-0.2, -0.15) is 0 Å². The van der Waals surface area contributed by atoms with Crippen molar-refractivity contribution in [3.05, 3.63) is 42.5 Å². The van der Waals surface area contributed by atoms with Crippen LogP contribution in [0.15, 0.2) is 12.1 Å². The van der Waals surface area contributed by atoms with Gasteiger partial charge in [-0.05, 0) is 49.4 Å². The van der Waals surface area contributed by atoms with Crippen LogP contribution in [-0.4, -0.2) is 31.5 Å². The van der Waals surface area contributed by atoms with Gasteiger partial charge in [-0.3, -0.25) is 30.3 Å². The summed E-state index contributed by atoms with van der Waals surface area (Å²) in [5, 5.41) is 43.3. The van der Waals surface area contributed by atoms with Crippen molar-refractivity contribution in [1.82, 2.24) is 0 Å². The fraction of sp³-hybridized carbons (Fsp3) is 0.625. The molecule has 1 heterocycles. The summed E-state index contributed by atoms with van der Waals surface area (Å²) in [7, 11) is 0.886. The van der Waals surface area contributed by atoms with Crippen LogP contribution in [0.2, 0.25) is 0 Å². The zero-order valence-corrected chi connectivity index (χ0v) is 15.5. The lowest BCUT2D eigenvalue weighted by Gasteiger charge is -2.19.